The standard InChI is InChI=1S/C17H21FN4O2/c1-12-9-19-22(10-12)15-5-4-13(8-14(15)18)20-16(24)21-17(11-23)6-2-3-7-17/h4-5,8-10,23H,2-3,6-7,11H2,1H3,(H2,20,21,24). The highest BCUT2D eigenvalue weighted by Crippen LogP contribution is 2.29. The molecule has 0 atom stereocenters. The van der Waals surface area contributed by atoms with Gasteiger partial charge in [-0.1, -0.05) is 12.8 Å². The predicted molar refractivity (Wildman–Crippen MR) is 88.7 cm³/mol. The predicted octanol–water partition coefficient (Wildman–Crippen LogP) is 2.75. The van der Waals surface area contributed by atoms with Gasteiger partial charge in [0.2, 0.25) is 0 Å². The molecule has 128 valence electrons. The van der Waals surface area contributed by atoms with Crippen molar-refractivity contribution in [3.8, 4) is 5.69 Å². The van der Waals surface area contributed by atoms with Crippen LogP contribution in [0.5, 0.6) is 0 Å². The lowest BCUT2D eigenvalue weighted by Crippen LogP contribution is -2.50. The SMILES string of the molecule is Cc1cnn(-c2ccc(NC(=O)NC3(CO)CCCC3)cc2F)c1. The third kappa shape index (κ3) is 3.41. The Morgan fingerprint density at radius 1 is 1.42 bits per heavy atom. The Bertz CT molecular complexity index is 738. The van der Waals surface area contributed by atoms with Gasteiger partial charge in [-0.05, 0) is 43.5 Å². The minimum atomic E-state index is -0.560. The molecule has 7 heteroatoms. The Hall–Kier alpha value is -2.41. The molecule has 3 rings (SSSR count). The number of anilines is 1. The fourth-order valence-corrected chi connectivity index (χ4v) is 3.09. The van der Waals surface area contributed by atoms with Crippen LogP contribution in [0.4, 0.5) is 14.9 Å². The van der Waals surface area contributed by atoms with E-state index in [-0.39, 0.29) is 6.61 Å². The third-order valence-corrected chi connectivity index (χ3v) is 4.41. The van der Waals surface area contributed by atoms with Crippen molar-refractivity contribution in [1.82, 2.24) is 15.1 Å². The maximum Gasteiger partial charge on any atom is 0.319 e. The number of benzene rings is 1. The molecule has 0 radical (unpaired) electrons. The van der Waals surface area contributed by atoms with Gasteiger partial charge in [0.1, 0.15) is 5.69 Å². The first-order chi connectivity index (χ1) is 11.5. The van der Waals surface area contributed by atoms with Crippen LogP contribution in [0, 0.1) is 12.7 Å². The Labute approximate surface area is 139 Å². The largest absolute Gasteiger partial charge is 0.394 e. The van der Waals surface area contributed by atoms with E-state index in [2.05, 4.69) is 15.7 Å². The third-order valence-electron chi connectivity index (χ3n) is 4.41. The first kappa shape index (κ1) is 16.4. The van der Waals surface area contributed by atoms with Crippen molar-refractivity contribution in [2.75, 3.05) is 11.9 Å². The maximum absolute atomic E-state index is 14.3. The zero-order chi connectivity index (χ0) is 17.2. The molecule has 1 heterocycles. The Balaban J connectivity index is 1.69. The van der Waals surface area contributed by atoms with E-state index in [0.29, 0.717) is 11.4 Å². The van der Waals surface area contributed by atoms with Crippen LogP contribution < -0.4 is 10.6 Å². The van der Waals surface area contributed by atoms with Crippen molar-refractivity contribution in [2.24, 2.45) is 0 Å². The summed E-state index contributed by atoms with van der Waals surface area (Å²) >= 11 is 0. The molecule has 1 aromatic carbocycles. The highest BCUT2D eigenvalue weighted by atomic mass is 19.1. The first-order valence-electron chi connectivity index (χ1n) is 8.03. The molecule has 1 fully saturated rings. The monoisotopic (exact) mass is 332 g/mol. The van der Waals surface area contributed by atoms with Crippen LogP contribution in [0.3, 0.4) is 0 Å². The van der Waals surface area contributed by atoms with Gasteiger partial charge in [-0.15, -0.1) is 0 Å². The summed E-state index contributed by atoms with van der Waals surface area (Å²) in [5.74, 6) is -0.478. The fraction of sp³-hybridized carbons (Fsp3) is 0.412. The molecule has 1 saturated carbocycles. The molecule has 2 amide bonds. The van der Waals surface area contributed by atoms with E-state index in [1.54, 1.807) is 24.5 Å². The summed E-state index contributed by atoms with van der Waals surface area (Å²) in [6.07, 6.45) is 6.84. The summed E-state index contributed by atoms with van der Waals surface area (Å²) in [4.78, 5) is 12.1. The Kier molecular flexibility index (Phi) is 4.53. The number of aromatic nitrogens is 2. The molecule has 0 bridgehead atoms. The van der Waals surface area contributed by atoms with Gasteiger partial charge in [0, 0.05) is 11.9 Å². The summed E-state index contributed by atoms with van der Waals surface area (Å²) in [6.45, 7) is 1.79. The van der Waals surface area contributed by atoms with Crippen LogP contribution in [-0.2, 0) is 0 Å². The first-order valence-corrected chi connectivity index (χ1v) is 8.03. The zero-order valence-corrected chi connectivity index (χ0v) is 13.6. The lowest BCUT2D eigenvalue weighted by atomic mass is 9.99. The van der Waals surface area contributed by atoms with Gasteiger partial charge in [-0.25, -0.2) is 13.9 Å². The second kappa shape index (κ2) is 6.60. The minimum absolute atomic E-state index is 0.0909. The Morgan fingerprint density at radius 2 is 2.17 bits per heavy atom. The van der Waals surface area contributed by atoms with Gasteiger partial charge in [0.05, 0.1) is 18.3 Å². The number of halogens is 1. The van der Waals surface area contributed by atoms with Crippen molar-refractivity contribution >= 4 is 11.7 Å². The summed E-state index contributed by atoms with van der Waals surface area (Å²) in [5, 5.41) is 19.0. The molecule has 3 N–H and O–H groups in total. The number of hydrogen-bond acceptors (Lipinski definition) is 3. The highest BCUT2D eigenvalue weighted by Gasteiger charge is 2.34. The van der Waals surface area contributed by atoms with E-state index in [1.807, 2.05) is 6.92 Å². The number of carbonyl (C=O) groups is 1. The van der Waals surface area contributed by atoms with E-state index >= 15 is 0 Å². The molecule has 0 aliphatic heterocycles. The van der Waals surface area contributed by atoms with Crippen molar-refractivity contribution in [2.45, 2.75) is 38.1 Å². The van der Waals surface area contributed by atoms with E-state index in [1.165, 1.54) is 10.7 Å². The van der Waals surface area contributed by atoms with Crippen LogP contribution in [0.25, 0.3) is 5.69 Å². The number of aliphatic hydroxyl groups is 1. The van der Waals surface area contributed by atoms with Crippen molar-refractivity contribution in [3.05, 3.63) is 42.0 Å². The van der Waals surface area contributed by atoms with E-state index in [0.717, 1.165) is 31.2 Å². The van der Waals surface area contributed by atoms with E-state index in [4.69, 9.17) is 0 Å². The summed E-state index contributed by atoms with van der Waals surface area (Å²) < 4.78 is 15.7. The summed E-state index contributed by atoms with van der Waals surface area (Å²) in [7, 11) is 0. The molecular weight excluding hydrogens is 311 g/mol. The average molecular weight is 332 g/mol. The zero-order valence-electron chi connectivity index (χ0n) is 13.6. The van der Waals surface area contributed by atoms with Crippen LogP contribution in [0.1, 0.15) is 31.2 Å². The van der Waals surface area contributed by atoms with Crippen molar-refractivity contribution < 1.29 is 14.3 Å². The fourth-order valence-electron chi connectivity index (χ4n) is 3.09. The molecule has 1 aromatic heterocycles. The highest BCUT2D eigenvalue weighted by molar-refractivity contribution is 5.90. The van der Waals surface area contributed by atoms with E-state index in [9.17, 15) is 14.3 Å². The molecule has 0 unspecified atom stereocenters. The maximum atomic E-state index is 14.3. The van der Waals surface area contributed by atoms with Gasteiger partial charge < -0.3 is 15.7 Å². The van der Waals surface area contributed by atoms with Gasteiger partial charge >= 0.3 is 6.03 Å². The van der Waals surface area contributed by atoms with E-state index < -0.39 is 17.4 Å². The number of nitrogens with one attached hydrogen (secondary N) is 2. The van der Waals surface area contributed by atoms with Crippen molar-refractivity contribution in [1.29, 1.82) is 0 Å². The van der Waals surface area contributed by atoms with Gasteiger partial charge in [-0.3, -0.25) is 0 Å². The molecule has 2 aromatic rings. The van der Waals surface area contributed by atoms with Crippen LogP contribution in [0.15, 0.2) is 30.6 Å². The number of aliphatic hydroxyl groups excluding tert-OH is 1. The summed E-state index contributed by atoms with van der Waals surface area (Å²) in [5.41, 5.74) is 1.04. The lowest BCUT2D eigenvalue weighted by molar-refractivity contribution is 0.167. The average Bonchev–Trinajstić information content (AvgIpc) is 3.17. The topological polar surface area (TPSA) is 79.2 Å². The molecule has 1 aliphatic rings. The van der Waals surface area contributed by atoms with Crippen LogP contribution >= 0.6 is 0 Å². The van der Waals surface area contributed by atoms with Crippen molar-refractivity contribution in [3.63, 3.8) is 0 Å². The van der Waals surface area contributed by atoms with Gasteiger partial charge in [0.25, 0.3) is 0 Å². The number of aryl methyl sites for hydroxylation is 1. The quantitative estimate of drug-likeness (QED) is 0.805. The summed E-state index contributed by atoms with van der Waals surface area (Å²) in [6, 6.07) is 4.00. The number of hydrogen-bond donors (Lipinski definition) is 3. The lowest BCUT2D eigenvalue weighted by Gasteiger charge is -2.28. The molecular formula is C17H21FN4O2. The smallest absolute Gasteiger partial charge is 0.319 e. The van der Waals surface area contributed by atoms with Crippen LogP contribution in [-0.4, -0.2) is 33.1 Å². The number of rotatable bonds is 4. The van der Waals surface area contributed by atoms with Gasteiger partial charge in [0.15, 0.2) is 5.82 Å². The molecule has 0 spiro atoms. The second-order valence-electron chi connectivity index (χ2n) is 6.35. The van der Waals surface area contributed by atoms with Crippen LogP contribution in [0.2, 0.25) is 0 Å². The molecule has 6 nitrogen and oxygen atoms in total. The molecule has 0 saturated heterocycles. The number of urea groups is 1. The Morgan fingerprint density at radius 3 is 2.75 bits per heavy atom. The number of carbonyl (C=O) groups excluding carboxylic acids is 1. The number of amides is 2. The van der Waals surface area contributed by atoms with Gasteiger partial charge in [-0.2, -0.15) is 5.10 Å². The number of nitrogens with zero attached hydrogens (tertiary/aromatic N) is 2. The normalized spacial score (nSPS) is 16.1. The second-order valence-corrected chi connectivity index (χ2v) is 6.35. The molecule has 24 heavy (non-hydrogen) atoms. The molecule has 1 aliphatic carbocycles. The minimum Gasteiger partial charge on any atom is -0.394 e.